The molecule has 0 atom stereocenters. The Labute approximate surface area is 150 Å². The second kappa shape index (κ2) is 6.99. The molecule has 0 aliphatic carbocycles. The average molecular weight is 347 g/mol. The number of hydrogen-bond donors (Lipinski definition) is 0. The predicted molar refractivity (Wildman–Crippen MR) is 101 cm³/mol. The van der Waals surface area contributed by atoms with Crippen molar-refractivity contribution in [1.29, 1.82) is 0 Å². The van der Waals surface area contributed by atoms with Crippen LogP contribution in [0.15, 0.2) is 78.2 Å². The second-order valence-corrected chi connectivity index (χ2v) is 6.36. The standard InChI is InChI=1S/C20H17N3OS/c1-25-20-21-11-9-19(22-20)23-12-10-16-13-17(7-8-18(16)23)24-14-15-5-3-2-4-6-15/h2-13H,14H2,1H3. The SMILES string of the molecule is CSc1nccc(-n2ccc3cc(OCc4ccccc4)ccc32)n1. The molecule has 0 fully saturated rings. The van der Waals surface area contributed by atoms with Crippen molar-refractivity contribution in [1.82, 2.24) is 14.5 Å². The first-order valence-electron chi connectivity index (χ1n) is 7.99. The van der Waals surface area contributed by atoms with Gasteiger partial charge in [0.1, 0.15) is 18.2 Å². The maximum atomic E-state index is 5.91. The molecule has 0 N–H and O–H groups in total. The molecule has 25 heavy (non-hydrogen) atoms. The topological polar surface area (TPSA) is 39.9 Å². The fourth-order valence-electron chi connectivity index (χ4n) is 2.72. The third-order valence-electron chi connectivity index (χ3n) is 3.96. The van der Waals surface area contributed by atoms with Gasteiger partial charge in [-0.15, -0.1) is 0 Å². The number of aromatic nitrogens is 3. The zero-order valence-corrected chi connectivity index (χ0v) is 14.6. The average Bonchev–Trinajstić information content (AvgIpc) is 3.10. The molecular weight excluding hydrogens is 330 g/mol. The molecule has 2 heterocycles. The Morgan fingerprint density at radius 2 is 1.92 bits per heavy atom. The van der Waals surface area contributed by atoms with E-state index in [2.05, 4.69) is 44.9 Å². The Hall–Kier alpha value is -2.79. The normalized spacial score (nSPS) is 10.9. The molecule has 4 rings (SSSR count). The van der Waals surface area contributed by atoms with Crippen LogP contribution in [0.2, 0.25) is 0 Å². The summed E-state index contributed by atoms with van der Waals surface area (Å²) < 4.78 is 7.98. The number of hydrogen-bond acceptors (Lipinski definition) is 4. The van der Waals surface area contributed by atoms with Crippen molar-refractivity contribution in [3.8, 4) is 11.6 Å². The Kier molecular flexibility index (Phi) is 4.39. The highest BCUT2D eigenvalue weighted by Gasteiger charge is 2.07. The number of fused-ring (bicyclic) bond motifs is 1. The van der Waals surface area contributed by atoms with Crippen LogP contribution < -0.4 is 4.74 Å². The second-order valence-electron chi connectivity index (χ2n) is 5.58. The van der Waals surface area contributed by atoms with E-state index in [4.69, 9.17) is 4.74 Å². The summed E-state index contributed by atoms with van der Waals surface area (Å²) in [5, 5.41) is 1.89. The van der Waals surface area contributed by atoms with Crippen LogP contribution in [0.25, 0.3) is 16.7 Å². The van der Waals surface area contributed by atoms with Crippen molar-refractivity contribution >= 4 is 22.7 Å². The molecule has 0 aliphatic rings. The fourth-order valence-corrected chi connectivity index (χ4v) is 3.07. The zero-order valence-electron chi connectivity index (χ0n) is 13.8. The number of nitrogens with zero attached hydrogens (tertiary/aromatic N) is 3. The van der Waals surface area contributed by atoms with E-state index in [1.165, 1.54) is 11.8 Å². The summed E-state index contributed by atoms with van der Waals surface area (Å²) in [7, 11) is 0. The molecule has 0 radical (unpaired) electrons. The molecule has 0 aliphatic heterocycles. The number of thioether (sulfide) groups is 1. The van der Waals surface area contributed by atoms with E-state index in [1.54, 1.807) is 6.20 Å². The summed E-state index contributed by atoms with van der Waals surface area (Å²) in [6.45, 7) is 0.566. The van der Waals surface area contributed by atoms with Crippen molar-refractivity contribution in [2.45, 2.75) is 11.8 Å². The molecule has 2 aromatic carbocycles. The molecule has 0 saturated heterocycles. The highest BCUT2D eigenvalue weighted by atomic mass is 32.2. The van der Waals surface area contributed by atoms with Gasteiger partial charge in [-0.2, -0.15) is 0 Å². The molecule has 124 valence electrons. The lowest BCUT2D eigenvalue weighted by Crippen LogP contribution is -1.98. The molecule has 0 saturated carbocycles. The van der Waals surface area contributed by atoms with E-state index >= 15 is 0 Å². The van der Waals surface area contributed by atoms with E-state index < -0.39 is 0 Å². The molecule has 0 amide bonds. The molecule has 0 unspecified atom stereocenters. The van der Waals surface area contributed by atoms with E-state index in [0.29, 0.717) is 6.61 Å². The summed E-state index contributed by atoms with van der Waals surface area (Å²) in [4.78, 5) is 8.80. The Morgan fingerprint density at radius 3 is 2.76 bits per heavy atom. The van der Waals surface area contributed by atoms with Crippen molar-refractivity contribution in [2.75, 3.05) is 6.26 Å². The molecule has 5 heteroatoms. The Bertz CT molecular complexity index is 998. The van der Waals surface area contributed by atoms with Gasteiger partial charge in [-0.05, 0) is 42.2 Å². The van der Waals surface area contributed by atoms with Gasteiger partial charge in [0.2, 0.25) is 0 Å². The van der Waals surface area contributed by atoms with Gasteiger partial charge >= 0.3 is 0 Å². The summed E-state index contributed by atoms with van der Waals surface area (Å²) >= 11 is 1.54. The third kappa shape index (κ3) is 3.37. The van der Waals surface area contributed by atoms with E-state index in [-0.39, 0.29) is 0 Å². The van der Waals surface area contributed by atoms with Crippen LogP contribution >= 0.6 is 11.8 Å². The van der Waals surface area contributed by atoms with Crippen LogP contribution in [0.1, 0.15) is 5.56 Å². The van der Waals surface area contributed by atoms with E-state index in [0.717, 1.165) is 33.2 Å². The monoisotopic (exact) mass is 347 g/mol. The number of benzene rings is 2. The maximum absolute atomic E-state index is 5.91. The first-order valence-corrected chi connectivity index (χ1v) is 9.21. The van der Waals surface area contributed by atoms with Gasteiger partial charge in [0.15, 0.2) is 5.16 Å². The van der Waals surface area contributed by atoms with Gasteiger partial charge in [0, 0.05) is 17.8 Å². The van der Waals surface area contributed by atoms with Crippen molar-refractivity contribution < 1.29 is 4.74 Å². The molecular formula is C20H17N3OS. The van der Waals surface area contributed by atoms with Gasteiger partial charge in [-0.3, -0.25) is 0 Å². The van der Waals surface area contributed by atoms with Crippen LogP contribution in [0, 0.1) is 0 Å². The highest BCUT2D eigenvalue weighted by molar-refractivity contribution is 7.98. The van der Waals surface area contributed by atoms with Crippen molar-refractivity contribution in [2.24, 2.45) is 0 Å². The smallest absolute Gasteiger partial charge is 0.189 e. The summed E-state index contributed by atoms with van der Waals surface area (Å²) in [6.07, 6.45) is 5.79. The molecule has 2 aromatic heterocycles. The van der Waals surface area contributed by atoms with Crippen molar-refractivity contribution in [3.63, 3.8) is 0 Å². The predicted octanol–water partition coefficient (Wildman–Crippen LogP) is 4.72. The minimum atomic E-state index is 0.566. The molecule has 0 bridgehead atoms. The van der Waals surface area contributed by atoms with Crippen LogP contribution in [0.3, 0.4) is 0 Å². The van der Waals surface area contributed by atoms with Gasteiger partial charge in [-0.25, -0.2) is 9.97 Å². The number of ether oxygens (including phenoxy) is 1. The quantitative estimate of drug-likeness (QED) is 0.387. The van der Waals surface area contributed by atoms with Gasteiger partial charge in [-0.1, -0.05) is 42.1 Å². The fraction of sp³-hybridized carbons (Fsp3) is 0.100. The third-order valence-corrected chi connectivity index (χ3v) is 4.52. The zero-order chi connectivity index (χ0) is 17.1. The summed E-state index contributed by atoms with van der Waals surface area (Å²) in [5.41, 5.74) is 2.25. The Morgan fingerprint density at radius 1 is 1.04 bits per heavy atom. The summed E-state index contributed by atoms with van der Waals surface area (Å²) in [5.74, 6) is 1.73. The van der Waals surface area contributed by atoms with Crippen LogP contribution in [-0.2, 0) is 6.61 Å². The maximum Gasteiger partial charge on any atom is 0.189 e. The lowest BCUT2D eigenvalue weighted by Gasteiger charge is -2.08. The first-order chi connectivity index (χ1) is 12.3. The van der Waals surface area contributed by atoms with Crippen molar-refractivity contribution in [3.05, 3.63) is 78.6 Å². The molecule has 0 spiro atoms. The summed E-state index contributed by atoms with van der Waals surface area (Å²) in [6, 6.07) is 20.3. The van der Waals surface area contributed by atoms with Crippen LogP contribution in [-0.4, -0.2) is 20.8 Å². The first kappa shape index (κ1) is 15.7. The van der Waals surface area contributed by atoms with E-state index in [1.807, 2.05) is 42.8 Å². The van der Waals surface area contributed by atoms with Gasteiger partial charge in [0.25, 0.3) is 0 Å². The minimum absolute atomic E-state index is 0.566. The lowest BCUT2D eigenvalue weighted by molar-refractivity contribution is 0.306. The molecule has 4 nitrogen and oxygen atoms in total. The van der Waals surface area contributed by atoms with Gasteiger partial charge in [0.05, 0.1) is 5.52 Å². The number of rotatable bonds is 5. The Balaban J connectivity index is 1.60. The minimum Gasteiger partial charge on any atom is -0.489 e. The van der Waals surface area contributed by atoms with E-state index in [9.17, 15) is 0 Å². The molecule has 4 aromatic rings. The van der Waals surface area contributed by atoms with Gasteiger partial charge < -0.3 is 9.30 Å². The lowest BCUT2D eigenvalue weighted by atomic mass is 10.2. The largest absolute Gasteiger partial charge is 0.489 e. The highest BCUT2D eigenvalue weighted by Crippen LogP contribution is 2.25. The van der Waals surface area contributed by atoms with Crippen LogP contribution in [0.4, 0.5) is 0 Å². The van der Waals surface area contributed by atoms with Crippen LogP contribution in [0.5, 0.6) is 5.75 Å².